The molecule has 6 aromatic rings. The van der Waals surface area contributed by atoms with E-state index in [0.717, 1.165) is 60.1 Å². The molecule has 2 aliphatic rings. The normalized spacial score (nSPS) is 15.5. The van der Waals surface area contributed by atoms with E-state index in [2.05, 4.69) is 224 Å². The molecular formula is C58H68N4. The average molecular weight is 821 g/mol. The van der Waals surface area contributed by atoms with E-state index in [-0.39, 0.29) is 0 Å². The van der Waals surface area contributed by atoms with Crippen molar-refractivity contribution >= 4 is 45.5 Å². The van der Waals surface area contributed by atoms with Crippen molar-refractivity contribution in [1.82, 2.24) is 0 Å². The van der Waals surface area contributed by atoms with E-state index >= 15 is 0 Å². The van der Waals surface area contributed by atoms with Crippen molar-refractivity contribution in [2.45, 2.75) is 132 Å². The summed E-state index contributed by atoms with van der Waals surface area (Å²) in [7, 11) is 0. The van der Waals surface area contributed by atoms with Crippen LogP contribution in [0, 0.1) is 27.7 Å². The molecule has 0 spiro atoms. The van der Waals surface area contributed by atoms with Crippen LogP contribution in [0.1, 0.15) is 149 Å². The Balaban J connectivity index is 1.51. The summed E-state index contributed by atoms with van der Waals surface area (Å²) in [4.78, 5) is 10.2. The fourth-order valence-corrected chi connectivity index (χ4v) is 9.14. The molecule has 0 aliphatic carbocycles. The Kier molecular flexibility index (Phi) is 12.2. The van der Waals surface area contributed by atoms with Crippen LogP contribution in [0.4, 0.5) is 45.5 Å². The zero-order valence-corrected chi connectivity index (χ0v) is 39.5. The van der Waals surface area contributed by atoms with Gasteiger partial charge in [0.05, 0.1) is 22.7 Å². The topological polar surface area (TPSA) is 13.0 Å². The Hall–Kier alpha value is -5.74. The molecule has 0 saturated carbocycles. The molecular weight excluding hydrogens is 753 g/mol. The number of rotatable bonds is 12. The molecule has 0 fully saturated rings. The first-order chi connectivity index (χ1) is 29.9. The number of fused-ring (bicyclic) bond motifs is 2. The van der Waals surface area contributed by atoms with E-state index in [1.165, 1.54) is 67.3 Å². The number of nitrogens with zero attached hydrogens (tertiary/aromatic N) is 4. The van der Waals surface area contributed by atoms with Crippen LogP contribution in [0.3, 0.4) is 0 Å². The quantitative estimate of drug-likeness (QED) is 0.122. The van der Waals surface area contributed by atoms with Crippen molar-refractivity contribution in [2.75, 3.05) is 19.6 Å². The van der Waals surface area contributed by atoms with Crippen LogP contribution >= 0.6 is 0 Å². The highest BCUT2D eigenvalue weighted by atomic mass is 15.5. The molecule has 0 amide bonds. The van der Waals surface area contributed by atoms with Crippen LogP contribution in [0.2, 0.25) is 0 Å². The van der Waals surface area contributed by atoms with Crippen molar-refractivity contribution in [3.63, 3.8) is 0 Å². The van der Waals surface area contributed by atoms with Gasteiger partial charge in [0.15, 0.2) is 11.6 Å². The lowest BCUT2D eigenvalue weighted by atomic mass is 9.98. The molecule has 0 radical (unpaired) electrons. The minimum absolute atomic E-state index is 0.483. The molecule has 0 N–H and O–H groups in total. The Labute approximate surface area is 373 Å². The molecule has 0 aromatic heterocycles. The predicted molar refractivity (Wildman–Crippen MR) is 268 cm³/mol. The molecule has 6 aromatic carbocycles. The Morgan fingerprint density at radius 1 is 0.306 bits per heavy atom. The van der Waals surface area contributed by atoms with Crippen LogP contribution in [-0.4, -0.2) is 0 Å². The van der Waals surface area contributed by atoms with Gasteiger partial charge in [-0.2, -0.15) is 0 Å². The van der Waals surface area contributed by atoms with Gasteiger partial charge in [-0.25, -0.2) is 0 Å². The molecule has 62 heavy (non-hydrogen) atoms. The monoisotopic (exact) mass is 821 g/mol. The van der Waals surface area contributed by atoms with E-state index < -0.39 is 0 Å². The lowest BCUT2D eigenvalue weighted by Gasteiger charge is -2.34. The minimum Gasteiger partial charge on any atom is -0.291 e. The number of aryl methyl sites for hydroxylation is 4. The lowest BCUT2D eigenvalue weighted by molar-refractivity contribution is 0.733. The van der Waals surface area contributed by atoms with Crippen LogP contribution < -0.4 is 19.6 Å². The third-order valence-electron chi connectivity index (χ3n) is 14.5. The highest BCUT2D eigenvalue weighted by molar-refractivity contribution is 6.00. The number of hydrogen-bond donors (Lipinski definition) is 0. The zero-order valence-electron chi connectivity index (χ0n) is 39.5. The molecule has 4 heteroatoms. The van der Waals surface area contributed by atoms with E-state index in [0.29, 0.717) is 23.7 Å². The summed E-state index contributed by atoms with van der Waals surface area (Å²) in [6.07, 6.45) is 4.42. The summed E-state index contributed by atoms with van der Waals surface area (Å²) in [6, 6.07) is 47.3. The van der Waals surface area contributed by atoms with E-state index in [1.807, 2.05) is 0 Å². The summed E-state index contributed by atoms with van der Waals surface area (Å²) < 4.78 is 0. The van der Waals surface area contributed by atoms with E-state index in [4.69, 9.17) is 0 Å². The second kappa shape index (κ2) is 17.6. The molecule has 2 heterocycles. The van der Waals surface area contributed by atoms with Gasteiger partial charge < -0.3 is 0 Å². The number of benzene rings is 6. The fraction of sp³-hybridized carbons (Fsp3) is 0.345. The summed E-state index contributed by atoms with van der Waals surface area (Å²) in [5, 5.41) is 0. The minimum atomic E-state index is 0.483. The van der Waals surface area contributed by atoms with Crippen LogP contribution in [0.25, 0.3) is 0 Å². The van der Waals surface area contributed by atoms with Gasteiger partial charge in [0.2, 0.25) is 0 Å². The highest BCUT2D eigenvalue weighted by Gasteiger charge is 2.45. The Morgan fingerprint density at radius 2 is 0.484 bits per heavy atom. The number of hydrogen-bond acceptors (Lipinski definition) is 4. The van der Waals surface area contributed by atoms with Gasteiger partial charge in [0.1, 0.15) is 0 Å². The van der Waals surface area contributed by atoms with Gasteiger partial charge in [-0.1, -0.05) is 104 Å². The molecule has 0 bridgehead atoms. The second-order valence-electron chi connectivity index (χ2n) is 18.4. The van der Waals surface area contributed by atoms with Crippen molar-refractivity contribution in [1.29, 1.82) is 0 Å². The van der Waals surface area contributed by atoms with Crippen LogP contribution in [0.15, 0.2) is 133 Å². The molecule has 4 unspecified atom stereocenters. The summed E-state index contributed by atoms with van der Waals surface area (Å²) in [6.45, 7) is 27.5. The van der Waals surface area contributed by atoms with Gasteiger partial charge in [0.25, 0.3) is 0 Å². The molecule has 8 rings (SSSR count). The maximum absolute atomic E-state index is 2.55. The first-order valence-electron chi connectivity index (χ1n) is 23.5. The van der Waals surface area contributed by atoms with Crippen LogP contribution in [-0.2, 0) is 0 Å². The van der Waals surface area contributed by atoms with Crippen molar-refractivity contribution in [3.8, 4) is 0 Å². The van der Waals surface area contributed by atoms with Crippen LogP contribution in [0.5, 0.6) is 0 Å². The van der Waals surface area contributed by atoms with Gasteiger partial charge in [0, 0.05) is 22.7 Å². The van der Waals surface area contributed by atoms with Crippen molar-refractivity contribution in [2.24, 2.45) is 0 Å². The molecule has 2 aliphatic heterocycles. The molecule has 320 valence electrons. The Morgan fingerprint density at radius 3 is 0.645 bits per heavy atom. The predicted octanol–water partition coefficient (Wildman–Crippen LogP) is 17.4. The maximum Gasteiger partial charge on any atom is 0.166 e. The largest absolute Gasteiger partial charge is 0.291 e. The van der Waals surface area contributed by atoms with Gasteiger partial charge >= 0.3 is 0 Å². The maximum atomic E-state index is 2.55. The van der Waals surface area contributed by atoms with Crippen molar-refractivity contribution < 1.29 is 0 Å². The molecule has 0 saturated heterocycles. The Bertz CT molecular complexity index is 2210. The lowest BCUT2D eigenvalue weighted by Crippen LogP contribution is -2.33. The molecule has 4 atom stereocenters. The van der Waals surface area contributed by atoms with Gasteiger partial charge in [-0.3, -0.25) is 19.6 Å². The first kappa shape index (κ1) is 42.9. The SMILES string of the molecule is CCC(C)c1ccc(N2C(=C3N(c4ccc(C(C)CC)cc4)c4cc(C)c(C)cc4N3c3ccc(C(C)CC)cc3)N(c3ccc(C(C)CC)cc3)c3cc(C)c(C)cc32)cc1. The highest BCUT2D eigenvalue weighted by Crippen LogP contribution is 2.58. The third-order valence-corrected chi connectivity index (χ3v) is 14.5. The summed E-state index contributed by atoms with van der Waals surface area (Å²) in [5.74, 6) is 4.13. The summed E-state index contributed by atoms with van der Waals surface area (Å²) in [5.41, 5.74) is 19.9. The van der Waals surface area contributed by atoms with Gasteiger partial charge in [-0.15, -0.1) is 0 Å². The number of anilines is 8. The first-order valence-corrected chi connectivity index (χ1v) is 23.5. The van der Waals surface area contributed by atoms with Gasteiger partial charge in [-0.05, 0) is 194 Å². The smallest absolute Gasteiger partial charge is 0.166 e. The average Bonchev–Trinajstić information content (AvgIpc) is 3.79. The van der Waals surface area contributed by atoms with E-state index in [9.17, 15) is 0 Å². The summed E-state index contributed by atoms with van der Waals surface area (Å²) >= 11 is 0. The second-order valence-corrected chi connectivity index (χ2v) is 18.4. The third kappa shape index (κ3) is 7.61. The fourth-order valence-electron chi connectivity index (χ4n) is 9.14. The van der Waals surface area contributed by atoms with E-state index in [1.54, 1.807) is 0 Å². The standard InChI is InChI=1S/C58H68N4/c1-13-37(5)45-17-25-49(26-18-45)59-53-33-41(9)42(10)34-54(53)60(50-27-19-46(20-28-50)38(6)14-2)57(59)58-61(51-29-21-47(22-30-51)39(7)15-3)55-35-43(11)44(12)36-56(55)62(58)52-31-23-48(24-32-52)40(8)16-4/h17-40H,13-16H2,1-12H3. The zero-order chi connectivity index (χ0) is 44.0. The molecule has 4 nitrogen and oxygen atoms in total. The van der Waals surface area contributed by atoms with Crippen molar-refractivity contribution in [3.05, 3.63) is 177 Å².